The van der Waals surface area contributed by atoms with Gasteiger partial charge in [0.15, 0.2) is 5.96 Å². The molecule has 0 bridgehead atoms. The number of anilines is 1. The average molecular weight is 411 g/mol. The number of aliphatic imine (C=N–C) groups is 1. The van der Waals surface area contributed by atoms with Crippen LogP contribution in [-0.4, -0.2) is 43.2 Å². The lowest BCUT2D eigenvalue weighted by molar-refractivity contribution is -0.116. The molecule has 1 amide bonds. The van der Waals surface area contributed by atoms with E-state index in [-0.39, 0.29) is 12.5 Å². The van der Waals surface area contributed by atoms with E-state index in [2.05, 4.69) is 20.9 Å². The Kier molecular flexibility index (Phi) is 7.30. The van der Waals surface area contributed by atoms with Crippen molar-refractivity contribution in [1.29, 1.82) is 0 Å². The molecule has 4 N–H and O–H groups in total. The highest BCUT2D eigenvalue weighted by molar-refractivity contribution is 5.94. The second-order valence-electron chi connectivity index (χ2n) is 7.48. The summed E-state index contributed by atoms with van der Waals surface area (Å²) in [5.41, 5.74) is 1.75. The predicted octanol–water partition coefficient (Wildman–Crippen LogP) is 2.41. The summed E-state index contributed by atoms with van der Waals surface area (Å²) in [5, 5.41) is 20.0. The Labute approximate surface area is 177 Å². The first-order valence-corrected chi connectivity index (χ1v) is 10.3. The Balaban J connectivity index is 1.50. The average Bonchev–Trinajstić information content (AvgIpc) is 2.75. The molecule has 1 aliphatic rings. The van der Waals surface area contributed by atoms with Crippen LogP contribution in [0.3, 0.4) is 0 Å². The minimum Gasteiger partial charge on any atom is -0.492 e. The Morgan fingerprint density at radius 2 is 2.00 bits per heavy atom. The molecule has 2 aromatic carbocycles. The van der Waals surface area contributed by atoms with E-state index in [1.807, 2.05) is 55.5 Å². The maximum Gasteiger partial charge on any atom is 0.224 e. The van der Waals surface area contributed by atoms with Crippen LogP contribution in [-0.2, 0) is 16.8 Å². The first-order valence-electron chi connectivity index (χ1n) is 10.3. The minimum absolute atomic E-state index is 0.0573. The van der Waals surface area contributed by atoms with Gasteiger partial charge in [0.1, 0.15) is 18.0 Å². The van der Waals surface area contributed by atoms with E-state index in [0.717, 1.165) is 35.5 Å². The first kappa shape index (κ1) is 21.6. The number of guanidine groups is 1. The highest BCUT2D eigenvalue weighted by Crippen LogP contribution is 2.26. The minimum atomic E-state index is -1.04. The van der Waals surface area contributed by atoms with Crippen molar-refractivity contribution in [2.75, 3.05) is 31.6 Å². The van der Waals surface area contributed by atoms with Gasteiger partial charge in [0.05, 0.1) is 13.1 Å². The molecule has 1 unspecified atom stereocenters. The van der Waals surface area contributed by atoms with Crippen LogP contribution in [0.25, 0.3) is 0 Å². The quantitative estimate of drug-likeness (QED) is 0.305. The van der Waals surface area contributed by atoms with Crippen LogP contribution in [0.5, 0.6) is 5.75 Å². The third-order valence-corrected chi connectivity index (χ3v) is 4.92. The molecule has 0 radical (unpaired) electrons. The third-order valence-electron chi connectivity index (χ3n) is 4.92. The van der Waals surface area contributed by atoms with E-state index < -0.39 is 5.60 Å². The highest BCUT2D eigenvalue weighted by atomic mass is 16.5. The van der Waals surface area contributed by atoms with Gasteiger partial charge >= 0.3 is 0 Å². The zero-order valence-electron chi connectivity index (χ0n) is 17.6. The lowest BCUT2D eigenvalue weighted by Gasteiger charge is -2.22. The largest absolute Gasteiger partial charge is 0.492 e. The normalized spacial score (nSPS) is 15.6. The van der Waals surface area contributed by atoms with Crippen molar-refractivity contribution in [3.63, 3.8) is 0 Å². The van der Waals surface area contributed by atoms with Crippen LogP contribution < -0.4 is 20.7 Å². The second kappa shape index (κ2) is 10.1. The maximum absolute atomic E-state index is 11.5. The molecule has 0 aromatic heterocycles. The zero-order chi connectivity index (χ0) is 21.4. The van der Waals surface area contributed by atoms with E-state index in [1.54, 1.807) is 6.92 Å². The monoisotopic (exact) mass is 410 g/mol. The number of amides is 1. The molecule has 0 fully saturated rings. The van der Waals surface area contributed by atoms with Gasteiger partial charge < -0.3 is 25.8 Å². The van der Waals surface area contributed by atoms with Crippen molar-refractivity contribution in [3.05, 3.63) is 59.7 Å². The van der Waals surface area contributed by atoms with Gasteiger partial charge in [-0.25, -0.2) is 4.99 Å². The van der Waals surface area contributed by atoms with Gasteiger partial charge in [0, 0.05) is 18.7 Å². The van der Waals surface area contributed by atoms with Crippen LogP contribution in [0.1, 0.15) is 31.4 Å². The summed E-state index contributed by atoms with van der Waals surface area (Å²) in [7, 11) is 0. The molecule has 1 aliphatic heterocycles. The van der Waals surface area contributed by atoms with E-state index in [9.17, 15) is 9.90 Å². The van der Waals surface area contributed by atoms with Gasteiger partial charge in [-0.1, -0.05) is 30.3 Å². The van der Waals surface area contributed by atoms with Crippen LogP contribution in [0.4, 0.5) is 5.69 Å². The number of nitrogens with zero attached hydrogens (tertiary/aromatic N) is 1. The summed E-state index contributed by atoms with van der Waals surface area (Å²) in [6, 6.07) is 15.2. The molecule has 7 heteroatoms. The van der Waals surface area contributed by atoms with Gasteiger partial charge in [-0.3, -0.25) is 4.79 Å². The van der Waals surface area contributed by atoms with Crippen molar-refractivity contribution in [3.8, 4) is 5.75 Å². The number of fused-ring (bicyclic) bond motifs is 1. The molecule has 0 saturated heterocycles. The van der Waals surface area contributed by atoms with Crippen LogP contribution in [0, 0.1) is 0 Å². The fraction of sp³-hybridized carbons (Fsp3) is 0.391. The smallest absolute Gasteiger partial charge is 0.224 e. The van der Waals surface area contributed by atoms with E-state index >= 15 is 0 Å². The van der Waals surface area contributed by atoms with Gasteiger partial charge in [-0.2, -0.15) is 0 Å². The molecular weight excluding hydrogens is 380 g/mol. The molecular formula is C23H30N4O3. The highest BCUT2D eigenvalue weighted by Gasteiger charge is 2.22. The summed E-state index contributed by atoms with van der Waals surface area (Å²) in [4.78, 5) is 16.0. The summed E-state index contributed by atoms with van der Waals surface area (Å²) in [5.74, 6) is 1.47. The van der Waals surface area contributed by atoms with E-state index in [1.165, 1.54) is 0 Å². The number of benzene rings is 2. The van der Waals surface area contributed by atoms with E-state index in [4.69, 9.17) is 4.74 Å². The lowest BCUT2D eigenvalue weighted by Crippen LogP contribution is -2.40. The fourth-order valence-electron chi connectivity index (χ4n) is 3.25. The third kappa shape index (κ3) is 5.97. The Hall–Kier alpha value is -3.06. The number of ether oxygens (including phenoxy) is 1. The van der Waals surface area contributed by atoms with Crippen molar-refractivity contribution in [2.24, 2.45) is 4.99 Å². The van der Waals surface area contributed by atoms with Gasteiger partial charge in [0.2, 0.25) is 5.91 Å². The van der Waals surface area contributed by atoms with Crippen molar-refractivity contribution in [1.82, 2.24) is 10.6 Å². The number of nitrogens with one attached hydrogen (secondary N) is 3. The summed E-state index contributed by atoms with van der Waals surface area (Å²) in [6.07, 6.45) is 1.24. The maximum atomic E-state index is 11.5. The van der Waals surface area contributed by atoms with Crippen molar-refractivity contribution < 1.29 is 14.6 Å². The molecule has 1 heterocycles. The molecule has 0 saturated carbocycles. The van der Waals surface area contributed by atoms with Crippen LogP contribution in [0.15, 0.2) is 53.5 Å². The van der Waals surface area contributed by atoms with Gasteiger partial charge in [-0.05, 0) is 49.6 Å². The number of carbonyl (C=O) groups excluding carboxylic acids is 1. The number of hydrogen-bond donors (Lipinski definition) is 4. The topological polar surface area (TPSA) is 95.0 Å². The van der Waals surface area contributed by atoms with Crippen LogP contribution >= 0.6 is 0 Å². The number of aliphatic hydroxyl groups is 1. The SMILES string of the molecule is CCNC(=NCC(C)(O)c1ccccc1)NCCOc1ccc2c(c1)CCC(=O)N2. The molecule has 0 aliphatic carbocycles. The standard InChI is InChI=1S/C23H30N4O3/c1-3-24-22(26-16-23(2,29)18-7-5-4-6-8-18)25-13-14-30-19-10-11-20-17(15-19)9-12-21(28)27-20/h4-8,10-11,15,29H,3,9,12-14,16H2,1-2H3,(H,27,28)(H2,24,25,26). The first-order chi connectivity index (χ1) is 14.5. The molecule has 3 rings (SSSR count). The number of carbonyl (C=O) groups is 1. The lowest BCUT2D eigenvalue weighted by atomic mass is 9.96. The summed E-state index contributed by atoms with van der Waals surface area (Å²) < 4.78 is 5.83. The molecule has 2 aromatic rings. The number of aryl methyl sites for hydroxylation is 1. The molecule has 30 heavy (non-hydrogen) atoms. The Morgan fingerprint density at radius 1 is 1.20 bits per heavy atom. The second-order valence-corrected chi connectivity index (χ2v) is 7.48. The molecule has 160 valence electrons. The Morgan fingerprint density at radius 3 is 2.77 bits per heavy atom. The Bertz CT molecular complexity index is 881. The molecule has 0 spiro atoms. The van der Waals surface area contributed by atoms with Gasteiger partial charge in [-0.15, -0.1) is 0 Å². The van der Waals surface area contributed by atoms with Gasteiger partial charge in [0.25, 0.3) is 0 Å². The summed E-state index contributed by atoms with van der Waals surface area (Å²) in [6.45, 7) is 5.74. The van der Waals surface area contributed by atoms with Crippen molar-refractivity contribution in [2.45, 2.75) is 32.3 Å². The molecule has 7 nitrogen and oxygen atoms in total. The van der Waals surface area contributed by atoms with Crippen LogP contribution in [0.2, 0.25) is 0 Å². The fourth-order valence-corrected chi connectivity index (χ4v) is 3.25. The van der Waals surface area contributed by atoms with E-state index in [0.29, 0.717) is 25.5 Å². The predicted molar refractivity (Wildman–Crippen MR) is 119 cm³/mol. The molecule has 1 atom stereocenters. The zero-order valence-corrected chi connectivity index (χ0v) is 17.6. The summed E-state index contributed by atoms with van der Waals surface area (Å²) >= 11 is 0. The van der Waals surface area contributed by atoms with Crippen molar-refractivity contribution >= 4 is 17.6 Å². The number of hydrogen-bond acceptors (Lipinski definition) is 4. The number of rotatable bonds is 8.